The zero-order chi connectivity index (χ0) is 19.1. The number of rotatable bonds is 7. The molecular formula is C17H26N4O4. The van der Waals surface area contributed by atoms with Crippen molar-refractivity contribution >= 4 is 18.1 Å². The average molecular weight is 350 g/mol. The Balaban J connectivity index is 2.74. The van der Waals surface area contributed by atoms with Crippen LogP contribution in [0.5, 0.6) is 0 Å². The van der Waals surface area contributed by atoms with Crippen LogP contribution in [0.3, 0.4) is 0 Å². The summed E-state index contributed by atoms with van der Waals surface area (Å²) in [5, 5.41) is 20.3. The number of carboxylic acids is 1. The molecule has 0 heterocycles. The van der Waals surface area contributed by atoms with Crippen molar-refractivity contribution in [2.45, 2.75) is 52.5 Å². The highest BCUT2D eigenvalue weighted by Gasteiger charge is 2.41. The van der Waals surface area contributed by atoms with Gasteiger partial charge in [0.15, 0.2) is 0 Å². The molecule has 2 unspecified atom stereocenters. The van der Waals surface area contributed by atoms with Gasteiger partial charge in [-0.3, -0.25) is 4.79 Å². The first-order valence-corrected chi connectivity index (χ1v) is 8.29. The van der Waals surface area contributed by atoms with Crippen LogP contribution in [0.25, 0.3) is 0 Å². The van der Waals surface area contributed by atoms with Crippen molar-refractivity contribution < 1.29 is 19.5 Å². The molecule has 1 aliphatic carbocycles. The number of carbonyl (C=O) groups is 2. The molecule has 25 heavy (non-hydrogen) atoms. The van der Waals surface area contributed by atoms with E-state index in [0.717, 1.165) is 17.7 Å². The van der Waals surface area contributed by atoms with Crippen molar-refractivity contribution in [2.75, 3.05) is 19.6 Å². The number of hydrogen-bond donors (Lipinski definition) is 2. The Kier molecular flexibility index (Phi) is 7.13. The molecule has 0 aromatic rings. The van der Waals surface area contributed by atoms with E-state index in [9.17, 15) is 14.4 Å². The summed E-state index contributed by atoms with van der Waals surface area (Å²) in [6.45, 7) is 6.19. The van der Waals surface area contributed by atoms with Gasteiger partial charge < -0.3 is 15.3 Å². The fourth-order valence-corrected chi connectivity index (χ4v) is 3.88. The number of carboxylic acid groups (broad SMARTS) is 1. The lowest BCUT2D eigenvalue weighted by Gasteiger charge is -2.45. The number of amides is 2. The molecule has 138 valence electrons. The molecule has 1 rings (SSSR count). The number of hydrogen-bond acceptors (Lipinski definition) is 5. The summed E-state index contributed by atoms with van der Waals surface area (Å²) >= 11 is 0. The normalized spacial score (nSPS) is 24.5. The lowest BCUT2D eigenvalue weighted by molar-refractivity contribution is -0.137. The molecule has 2 N–H and O–H groups in total. The van der Waals surface area contributed by atoms with E-state index in [0.29, 0.717) is 13.0 Å². The first kappa shape index (κ1) is 20.7. The van der Waals surface area contributed by atoms with E-state index in [1.165, 1.54) is 0 Å². The van der Waals surface area contributed by atoms with Crippen LogP contribution in [0.4, 0.5) is 4.79 Å². The minimum atomic E-state index is -1.13. The molecule has 1 aliphatic rings. The first-order valence-electron chi connectivity index (χ1n) is 8.29. The predicted molar refractivity (Wildman–Crippen MR) is 90.5 cm³/mol. The summed E-state index contributed by atoms with van der Waals surface area (Å²) in [7, 11) is 0. The van der Waals surface area contributed by atoms with Crippen LogP contribution in [0.15, 0.2) is 4.99 Å². The number of nitriles is 1. The second kappa shape index (κ2) is 8.63. The van der Waals surface area contributed by atoms with Crippen LogP contribution >= 0.6 is 0 Å². The third-order valence-electron chi connectivity index (χ3n) is 4.43. The standard InChI is InChI=1S/C17H26N4O4/c1-16(2)7-13(20-12-22)8-17(3,10-16)11-19-15(25)21(6-4-5-18)9-14(23)24/h13H,4,6-11H2,1-3H3,(H,19,25)(H,23,24). The minimum absolute atomic E-state index is 0.0235. The Morgan fingerprint density at radius 2 is 2.04 bits per heavy atom. The fourth-order valence-electron chi connectivity index (χ4n) is 3.88. The summed E-state index contributed by atoms with van der Waals surface area (Å²) in [5.41, 5.74) is -0.281. The Morgan fingerprint density at radius 3 is 2.60 bits per heavy atom. The SMILES string of the molecule is CC1(C)CC(N=C=O)CC(C)(CNC(=O)N(CCC#N)CC(=O)O)C1. The maximum absolute atomic E-state index is 12.3. The Morgan fingerprint density at radius 1 is 1.36 bits per heavy atom. The molecule has 2 atom stereocenters. The molecule has 0 spiro atoms. The summed E-state index contributed by atoms with van der Waals surface area (Å²) in [5.74, 6) is -1.13. The molecular weight excluding hydrogens is 324 g/mol. The molecule has 0 saturated heterocycles. The van der Waals surface area contributed by atoms with Gasteiger partial charge in [-0.1, -0.05) is 20.8 Å². The highest BCUT2D eigenvalue weighted by Crippen LogP contribution is 2.46. The van der Waals surface area contributed by atoms with E-state index in [4.69, 9.17) is 10.4 Å². The van der Waals surface area contributed by atoms with Gasteiger partial charge in [0.2, 0.25) is 6.08 Å². The van der Waals surface area contributed by atoms with Crippen LogP contribution in [0, 0.1) is 22.2 Å². The number of nitrogens with one attached hydrogen (secondary N) is 1. The van der Waals surface area contributed by atoms with Crippen molar-refractivity contribution in [2.24, 2.45) is 15.8 Å². The Labute approximate surface area is 147 Å². The molecule has 0 bridgehead atoms. The fraction of sp³-hybridized carbons (Fsp3) is 0.765. The van der Waals surface area contributed by atoms with Gasteiger partial charge in [-0.2, -0.15) is 5.26 Å². The number of isocyanates is 1. The number of urea groups is 1. The van der Waals surface area contributed by atoms with Crippen molar-refractivity contribution in [1.82, 2.24) is 10.2 Å². The predicted octanol–water partition coefficient (Wildman–Crippen LogP) is 1.92. The van der Waals surface area contributed by atoms with E-state index in [1.54, 1.807) is 6.08 Å². The van der Waals surface area contributed by atoms with E-state index < -0.39 is 18.5 Å². The smallest absolute Gasteiger partial charge is 0.323 e. The van der Waals surface area contributed by atoms with Crippen molar-refractivity contribution in [1.29, 1.82) is 5.26 Å². The molecule has 8 nitrogen and oxygen atoms in total. The van der Waals surface area contributed by atoms with E-state index in [-0.39, 0.29) is 29.8 Å². The maximum Gasteiger partial charge on any atom is 0.323 e. The average Bonchev–Trinajstić information content (AvgIpc) is 2.47. The number of carbonyl (C=O) groups excluding carboxylic acids is 2. The van der Waals surface area contributed by atoms with E-state index in [1.807, 2.05) is 13.0 Å². The lowest BCUT2D eigenvalue weighted by Crippen LogP contribution is -2.49. The van der Waals surface area contributed by atoms with Gasteiger partial charge in [-0.05, 0) is 30.1 Å². The monoisotopic (exact) mass is 350 g/mol. The van der Waals surface area contributed by atoms with Crippen LogP contribution < -0.4 is 5.32 Å². The van der Waals surface area contributed by atoms with Gasteiger partial charge in [0.05, 0.1) is 18.5 Å². The van der Waals surface area contributed by atoms with Gasteiger partial charge in [0, 0.05) is 13.1 Å². The number of nitrogens with zero attached hydrogens (tertiary/aromatic N) is 3. The van der Waals surface area contributed by atoms with Crippen LogP contribution in [0.2, 0.25) is 0 Å². The second-order valence-electron chi connectivity index (χ2n) is 7.82. The largest absolute Gasteiger partial charge is 0.480 e. The summed E-state index contributed by atoms with van der Waals surface area (Å²) < 4.78 is 0. The van der Waals surface area contributed by atoms with Gasteiger partial charge in [0.1, 0.15) is 6.54 Å². The van der Waals surface area contributed by atoms with Crippen molar-refractivity contribution in [3.05, 3.63) is 0 Å². The maximum atomic E-state index is 12.3. The molecule has 1 saturated carbocycles. The minimum Gasteiger partial charge on any atom is -0.480 e. The molecule has 1 fully saturated rings. The van der Waals surface area contributed by atoms with Gasteiger partial charge >= 0.3 is 12.0 Å². The Hall–Kier alpha value is -2.39. The molecule has 0 radical (unpaired) electrons. The van der Waals surface area contributed by atoms with Gasteiger partial charge in [-0.25, -0.2) is 14.6 Å². The Bertz CT molecular complexity index is 592. The molecule has 0 aliphatic heterocycles. The number of aliphatic imine (C=N–C) groups is 1. The summed E-state index contributed by atoms with van der Waals surface area (Å²) in [6, 6.07) is 1.28. The molecule has 8 heteroatoms. The second-order valence-corrected chi connectivity index (χ2v) is 7.82. The summed E-state index contributed by atoms with van der Waals surface area (Å²) in [6.07, 6.45) is 3.99. The highest BCUT2D eigenvalue weighted by atomic mass is 16.4. The molecule has 2 amide bonds. The zero-order valence-corrected chi connectivity index (χ0v) is 15.0. The van der Waals surface area contributed by atoms with Crippen molar-refractivity contribution in [3.8, 4) is 6.07 Å². The first-order chi connectivity index (χ1) is 11.6. The highest BCUT2D eigenvalue weighted by molar-refractivity contribution is 5.80. The van der Waals surface area contributed by atoms with Crippen LogP contribution in [-0.4, -0.2) is 53.8 Å². The molecule has 0 aromatic heterocycles. The van der Waals surface area contributed by atoms with E-state index >= 15 is 0 Å². The van der Waals surface area contributed by atoms with Crippen LogP contribution in [0.1, 0.15) is 46.5 Å². The molecule has 0 aromatic carbocycles. The quantitative estimate of drug-likeness (QED) is 0.536. The van der Waals surface area contributed by atoms with E-state index in [2.05, 4.69) is 24.2 Å². The topological polar surface area (TPSA) is 123 Å². The summed E-state index contributed by atoms with van der Waals surface area (Å²) in [4.78, 5) is 38.8. The third kappa shape index (κ3) is 6.94. The third-order valence-corrected chi connectivity index (χ3v) is 4.43. The van der Waals surface area contributed by atoms with Gasteiger partial charge in [0.25, 0.3) is 0 Å². The van der Waals surface area contributed by atoms with Crippen molar-refractivity contribution in [3.63, 3.8) is 0 Å². The van der Waals surface area contributed by atoms with Gasteiger partial charge in [-0.15, -0.1) is 0 Å². The number of aliphatic carboxylic acids is 1. The van der Waals surface area contributed by atoms with Crippen LogP contribution in [-0.2, 0) is 9.59 Å². The lowest BCUT2D eigenvalue weighted by atomic mass is 9.63. The zero-order valence-electron chi connectivity index (χ0n) is 15.0.